The van der Waals surface area contributed by atoms with Gasteiger partial charge in [0.1, 0.15) is 22.7 Å². The number of nitrogens with one attached hydrogen (secondary N) is 1. The number of halogens is 1. The van der Waals surface area contributed by atoms with Crippen LogP contribution in [0.1, 0.15) is 11.3 Å². The van der Waals surface area contributed by atoms with Crippen molar-refractivity contribution in [1.82, 2.24) is 29.5 Å². The van der Waals surface area contributed by atoms with Crippen LogP contribution in [0, 0.1) is 0 Å². The second kappa shape index (κ2) is 9.39. The first-order valence-electron chi connectivity index (χ1n) is 11.9. The molecule has 0 saturated carbocycles. The second-order valence-electron chi connectivity index (χ2n) is 9.18. The number of likely N-dealkylation sites (N-methyl/N-ethyl adjacent to an activating group) is 1. The zero-order valence-electron chi connectivity index (χ0n) is 19.9. The van der Waals surface area contributed by atoms with Gasteiger partial charge in [0.25, 0.3) is 0 Å². The van der Waals surface area contributed by atoms with Crippen molar-refractivity contribution >= 4 is 44.7 Å². The van der Waals surface area contributed by atoms with E-state index in [2.05, 4.69) is 43.0 Å². The van der Waals surface area contributed by atoms with Crippen LogP contribution in [0.25, 0.3) is 20.7 Å². The van der Waals surface area contributed by atoms with Crippen LogP contribution in [0.4, 0.5) is 11.5 Å². The van der Waals surface area contributed by atoms with E-state index in [-0.39, 0.29) is 0 Å². The molecular weight excluding hydrogens is 482 g/mol. The maximum absolute atomic E-state index is 6.34. The summed E-state index contributed by atoms with van der Waals surface area (Å²) in [7, 11) is 3.81. The van der Waals surface area contributed by atoms with E-state index in [1.807, 2.05) is 18.2 Å². The fourth-order valence-electron chi connectivity index (χ4n) is 4.93. The monoisotopic (exact) mass is 509 g/mol. The Bertz CT molecular complexity index is 1380. The van der Waals surface area contributed by atoms with E-state index in [0.29, 0.717) is 10.8 Å². The van der Waals surface area contributed by atoms with Gasteiger partial charge in [-0.15, -0.1) is 11.3 Å². The minimum Gasteiger partial charge on any atom is -0.495 e. The first kappa shape index (κ1) is 22.7. The molecule has 3 aromatic heterocycles. The Kier molecular flexibility index (Phi) is 6.09. The number of nitrogens with zero attached hydrogens (tertiary/aromatic N) is 6. The van der Waals surface area contributed by atoms with Gasteiger partial charge in [-0.2, -0.15) is 5.10 Å². The Hall–Kier alpha value is -2.72. The molecule has 35 heavy (non-hydrogen) atoms. The van der Waals surface area contributed by atoms with Crippen LogP contribution in [0.3, 0.4) is 0 Å². The highest BCUT2D eigenvalue weighted by atomic mass is 35.5. The van der Waals surface area contributed by atoms with E-state index < -0.39 is 0 Å². The largest absolute Gasteiger partial charge is 0.495 e. The molecule has 1 fully saturated rings. The van der Waals surface area contributed by atoms with Gasteiger partial charge in [-0.05, 0) is 43.7 Å². The number of fused-ring (bicyclic) bond motifs is 5. The Morgan fingerprint density at radius 1 is 1.11 bits per heavy atom. The van der Waals surface area contributed by atoms with E-state index in [4.69, 9.17) is 21.4 Å². The van der Waals surface area contributed by atoms with Gasteiger partial charge in [0, 0.05) is 55.0 Å². The van der Waals surface area contributed by atoms with E-state index in [9.17, 15) is 0 Å². The minimum atomic E-state index is 0.559. The molecule has 1 aromatic carbocycles. The third kappa shape index (κ3) is 4.38. The number of thiophene rings is 1. The lowest BCUT2D eigenvalue weighted by Gasteiger charge is -2.32. The van der Waals surface area contributed by atoms with E-state index in [1.165, 1.54) is 21.7 Å². The number of anilines is 2. The van der Waals surface area contributed by atoms with Crippen molar-refractivity contribution in [3.05, 3.63) is 47.0 Å². The average molecular weight is 510 g/mol. The molecule has 0 amide bonds. The standard InChI is InChI=1S/C25H28ClN7OS/c1-31-7-9-32(10-8-31)11-12-33-14-18-20(30-33)5-4-17-22-24(27-15-28-25(22)35-23(17)18)29-16-3-6-21(34-2)19(26)13-16/h3,6,13-15H,4-5,7-12H2,1-2H3,(H,27,28,29). The molecule has 0 spiro atoms. The van der Waals surface area contributed by atoms with Crippen molar-refractivity contribution in [2.24, 2.45) is 0 Å². The lowest BCUT2D eigenvalue weighted by atomic mass is 9.95. The van der Waals surface area contributed by atoms with Gasteiger partial charge in [0.15, 0.2) is 0 Å². The zero-order valence-corrected chi connectivity index (χ0v) is 21.5. The van der Waals surface area contributed by atoms with Crippen molar-refractivity contribution in [2.45, 2.75) is 19.4 Å². The lowest BCUT2D eigenvalue weighted by molar-refractivity contribution is 0.148. The van der Waals surface area contributed by atoms with Gasteiger partial charge in [-0.3, -0.25) is 9.58 Å². The third-order valence-electron chi connectivity index (χ3n) is 6.94. The average Bonchev–Trinajstić information content (AvgIpc) is 3.45. The first-order chi connectivity index (χ1) is 17.1. The molecule has 0 unspecified atom stereocenters. The number of methoxy groups -OCH3 is 1. The predicted octanol–water partition coefficient (Wildman–Crippen LogP) is 4.31. The maximum Gasteiger partial charge on any atom is 0.142 e. The van der Waals surface area contributed by atoms with Gasteiger partial charge >= 0.3 is 0 Å². The molecule has 0 bridgehead atoms. The minimum absolute atomic E-state index is 0.559. The first-order valence-corrected chi connectivity index (χ1v) is 13.1. The van der Waals surface area contributed by atoms with Crippen LogP contribution in [0.2, 0.25) is 5.02 Å². The summed E-state index contributed by atoms with van der Waals surface area (Å²) in [5.74, 6) is 1.45. The molecule has 6 rings (SSSR count). The Balaban J connectivity index is 1.27. The predicted molar refractivity (Wildman–Crippen MR) is 141 cm³/mol. The molecule has 4 aromatic rings. The van der Waals surface area contributed by atoms with Gasteiger partial charge < -0.3 is 15.0 Å². The fourth-order valence-corrected chi connectivity index (χ4v) is 6.41. The Morgan fingerprint density at radius 3 is 2.77 bits per heavy atom. The van der Waals surface area contributed by atoms with E-state index in [1.54, 1.807) is 24.8 Å². The number of aryl methyl sites for hydroxylation is 2. The highest BCUT2D eigenvalue weighted by Gasteiger charge is 2.26. The van der Waals surface area contributed by atoms with Crippen molar-refractivity contribution in [3.8, 4) is 16.2 Å². The van der Waals surface area contributed by atoms with Crippen LogP contribution in [0.5, 0.6) is 5.75 Å². The molecule has 0 radical (unpaired) electrons. The number of benzene rings is 1. The van der Waals surface area contributed by atoms with Crippen LogP contribution in [0.15, 0.2) is 30.7 Å². The smallest absolute Gasteiger partial charge is 0.142 e. The van der Waals surface area contributed by atoms with Crippen molar-refractivity contribution in [2.75, 3.05) is 52.2 Å². The summed E-state index contributed by atoms with van der Waals surface area (Å²) in [6.45, 7) is 6.50. The Labute approximate surface area is 213 Å². The summed E-state index contributed by atoms with van der Waals surface area (Å²) in [5, 5.41) is 10.0. The van der Waals surface area contributed by atoms with Crippen molar-refractivity contribution < 1.29 is 4.74 Å². The molecule has 1 aliphatic heterocycles. The van der Waals surface area contributed by atoms with Crippen molar-refractivity contribution in [1.29, 1.82) is 0 Å². The number of aromatic nitrogens is 4. The number of piperazine rings is 1. The molecule has 4 heterocycles. The summed E-state index contributed by atoms with van der Waals surface area (Å²) in [5.41, 5.74) is 4.60. The van der Waals surface area contributed by atoms with Crippen LogP contribution >= 0.6 is 22.9 Å². The molecule has 1 saturated heterocycles. The second-order valence-corrected chi connectivity index (χ2v) is 10.6. The van der Waals surface area contributed by atoms with Gasteiger partial charge in [0.05, 0.1) is 29.8 Å². The molecule has 8 nitrogen and oxygen atoms in total. The molecule has 0 atom stereocenters. The summed E-state index contributed by atoms with van der Waals surface area (Å²) >= 11 is 8.07. The maximum atomic E-state index is 6.34. The SMILES string of the molecule is COc1ccc(Nc2ncnc3sc4c(c23)CCc2nn(CCN3CCN(C)CC3)cc2-4)cc1Cl. The van der Waals surface area contributed by atoms with Gasteiger partial charge in [0.2, 0.25) is 0 Å². The highest BCUT2D eigenvalue weighted by molar-refractivity contribution is 7.22. The summed E-state index contributed by atoms with van der Waals surface area (Å²) in [6.07, 6.45) is 5.71. The number of hydrogen-bond acceptors (Lipinski definition) is 8. The molecular formula is C25H28ClN7OS. The zero-order chi connectivity index (χ0) is 23.9. The number of ether oxygens (including phenoxy) is 1. The number of rotatable bonds is 6. The molecule has 10 heteroatoms. The summed E-state index contributed by atoms with van der Waals surface area (Å²) in [4.78, 5) is 16.4. The molecule has 1 N–H and O–H groups in total. The topological polar surface area (TPSA) is 71.3 Å². The highest BCUT2D eigenvalue weighted by Crippen LogP contribution is 2.45. The third-order valence-corrected chi connectivity index (χ3v) is 8.41. The van der Waals surface area contributed by atoms with Gasteiger partial charge in [-0.25, -0.2) is 9.97 Å². The van der Waals surface area contributed by atoms with Crippen LogP contribution in [-0.4, -0.2) is 76.4 Å². The normalized spacial score (nSPS) is 16.3. The summed E-state index contributed by atoms with van der Waals surface area (Å²) in [6, 6.07) is 5.66. The molecule has 182 valence electrons. The number of hydrogen-bond donors (Lipinski definition) is 1. The van der Waals surface area contributed by atoms with Gasteiger partial charge in [-0.1, -0.05) is 11.6 Å². The van der Waals surface area contributed by atoms with E-state index in [0.717, 1.165) is 73.8 Å². The quantitative estimate of drug-likeness (QED) is 0.415. The lowest BCUT2D eigenvalue weighted by Crippen LogP contribution is -2.45. The molecule has 1 aliphatic carbocycles. The van der Waals surface area contributed by atoms with Crippen LogP contribution in [-0.2, 0) is 19.4 Å². The molecule has 2 aliphatic rings. The summed E-state index contributed by atoms with van der Waals surface area (Å²) < 4.78 is 7.41. The van der Waals surface area contributed by atoms with Crippen molar-refractivity contribution in [3.63, 3.8) is 0 Å². The Morgan fingerprint density at radius 2 is 1.97 bits per heavy atom. The van der Waals surface area contributed by atoms with Crippen LogP contribution < -0.4 is 10.1 Å². The fraction of sp³-hybridized carbons (Fsp3) is 0.400. The van der Waals surface area contributed by atoms with E-state index >= 15 is 0 Å².